The molecule has 2 aromatic carbocycles. The minimum absolute atomic E-state index is 0.0621. The Hall–Kier alpha value is -2.84. The summed E-state index contributed by atoms with van der Waals surface area (Å²) in [5, 5.41) is 12.5. The molecule has 3 N–H and O–H groups in total. The zero-order chi connectivity index (χ0) is 19.9. The van der Waals surface area contributed by atoms with Crippen LogP contribution in [0.2, 0.25) is 0 Å². The van der Waals surface area contributed by atoms with Gasteiger partial charge in [0.2, 0.25) is 10.0 Å². The number of sulfonamides is 1. The summed E-state index contributed by atoms with van der Waals surface area (Å²) in [5.74, 6) is -0.440. The summed E-state index contributed by atoms with van der Waals surface area (Å²) in [6.07, 6.45) is 2.08. The van der Waals surface area contributed by atoms with E-state index in [4.69, 9.17) is 4.74 Å². The summed E-state index contributed by atoms with van der Waals surface area (Å²) >= 11 is 0. The second-order valence-corrected chi connectivity index (χ2v) is 7.44. The predicted molar refractivity (Wildman–Crippen MR) is 104 cm³/mol. The Balaban J connectivity index is 2.11. The van der Waals surface area contributed by atoms with Gasteiger partial charge < -0.3 is 15.2 Å². The van der Waals surface area contributed by atoms with E-state index in [1.165, 1.54) is 18.2 Å². The summed E-state index contributed by atoms with van der Waals surface area (Å²) < 4.78 is 31.7. The highest BCUT2D eigenvalue weighted by Gasteiger charge is 2.18. The second kappa shape index (κ2) is 9.20. The molecule has 0 aliphatic carbocycles. The number of carboxylic acid groups (broad SMARTS) is 1. The molecule has 2 aromatic rings. The molecule has 0 bridgehead atoms. The van der Waals surface area contributed by atoms with Crippen LogP contribution in [0.4, 0.5) is 5.69 Å². The Kier molecular flexibility index (Phi) is 6.98. The molecule has 0 aliphatic heterocycles. The minimum atomic E-state index is -3.79. The lowest BCUT2D eigenvalue weighted by atomic mass is 10.1. The van der Waals surface area contributed by atoms with E-state index in [0.29, 0.717) is 18.7 Å². The smallest absolute Gasteiger partial charge is 0.337 e. The molecule has 0 atom stereocenters. The number of carboxylic acids is 1. The Labute approximate surface area is 158 Å². The summed E-state index contributed by atoms with van der Waals surface area (Å²) in [6, 6.07) is 11.5. The van der Waals surface area contributed by atoms with Crippen LogP contribution in [-0.2, 0) is 16.4 Å². The zero-order valence-electron chi connectivity index (χ0n) is 14.9. The average molecular weight is 390 g/mol. The molecule has 0 aliphatic rings. The first-order chi connectivity index (χ1) is 12.9. The summed E-state index contributed by atoms with van der Waals surface area (Å²) in [6.45, 7) is 4.00. The van der Waals surface area contributed by atoms with Gasteiger partial charge in [-0.15, -0.1) is 6.58 Å². The molecule has 0 radical (unpaired) electrons. The molecule has 0 aromatic heterocycles. The third kappa shape index (κ3) is 5.57. The highest BCUT2D eigenvalue weighted by Crippen LogP contribution is 2.21. The van der Waals surface area contributed by atoms with Crippen molar-refractivity contribution >= 4 is 21.7 Å². The molecule has 0 saturated carbocycles. The van der Waals surface area contributed by atoms with Crippen LogP contribution in [0.15, 0.2) is 60.0 Å². The number of hydrogen-bond donors (Lipinski definition) is 3. The van der Waals surface area contributed by atoms with Gasteiger partial charge in [-0.1, -0.05) is 18.2 Å². The quantitative estimate of drug-likeness (QED) is 0.539. The highest BCUT2D eigenvalue weighted by molar-refractivity contribution is 7.89. The first kappa shape index (κ1) is 20.5. The van der Waals surface area contributed by atoms with Crippen molar-refractivity contribution in [1.82, 2.24) is 4.72 Å². The van der Waals surface area contributed by atoms with Crippen LogP contribution in [0.1, 0.15) is 15.9 Å². The van der Waals surface area contributed by atoms with Crippen molar-refractivity contribution in [3.05, 3.63) is 66.2 Å². The molecule has 0 spiro atoms. The molecule has 0 saturated heterocycles. The fraction of sp³-hybridized carbons (Fsp3) is 0.211. The van der Waals surface area contributed by atoms with Crippen LogP contribution in [0.25, 0.3) is 0 Å². The largest absolute Gasteiger partial charge is 0.497 e. The SMILES string of the molecule is C=CCNS(=O)(=O)c1ccc(NCCc2ccc(OC)cc2)c(C(=O)O)c1. The second-order valence-electron chi connectivity index (χ2n) is 5.68. The first-order valence-corrected chi connectivity index (χ1v) is 9.70. The van der Waals surface area contributed by atoms with Crippen LogP contribution in [-0.4, -0.2) is 39.7 Å². The number of nitrogens with one attached hydrogen (secondary N) is 2. The fourth-order valence-electron chi connectivity index (χ4n) is 2.41. The maximum atomic E-state index is 12.1. The van der Waals surface area contributed by atoms with Gasteiger partial charge in [-0.2, -0.15) is 0 Å². The van der Waals surface area contributed by atoms with E-state index in [1.807, 2.05) is 24.3 Å². The number of rotatable bonds is 10. The van der Waals surface area contributed by atoms with Gasteiger partial charge in [0.1, 0.15) is 5.75 Å². The van der Waals surface area contributed by atoms with Crippen molar-refractivity contribution < 1.29 is 23.1 Å². The lowest BCUT2D eigenvalue weighted by Crippen LogP contribution is -2.24. The molecule has 27 heavy (non-hydrogen) atoms. The molecule has 0 heterocycles. The minimum Gasteiger partial charge on any atom is -0.497 e. The van der Waals surface area contributed by atoms with Crippen molar-refractivity contribution in [2.24, 2.45) is 0 Å². The maximum Gasteiger partial charge on any atom is 0.337 e. The first-order valence-electron chi connectivity index (χ1n) is 8.22. The molecule has 144 valence electrons. The van der Waals surface area contributed by atoms with Gasteiger partial charge in [0.25, 0.3) is 0 Å². The molecule has 0 fully saturated rings. The monoisotopic (exact) mass is 390 g/mol. The van der Waals surface area contributed by atoms with E-state index in [2.05, 4.69) is 16.6 Å². The standard InChI is InChI=1S/C19H22N2O5S/c1-3-11-21-27(24,25)16-8-9-18(17(13-16)19(22)23)20-12-10-14-4-6-15(26-2)7-5-14/h3-9,13,20-21H,1,10-12H2,2H3,(H,22,23). The fourth-order valence-corrected chi connectivity index (χ4v) is 3.43. The molecule has 2 rings (SSSR count). The molecular weight excluding hydrogens is 368 g/mol. The van der Waals surface area contributed by atoms with Crippen LogP contribution in [0, 0.1) is 0 Å². The number of methoxy groups -OCH3 is 1. The highest BCUT2D eigenvalue weighted by atomic mass is 32.2. The van der Waals surface area contributed by atoms with E-state index < -0.39 is 16.0 Å². The van der Waals surface area contributed by atoms with Crippen molar-refractivity contribution in [3.8, 4) is 5.75 Å². The normalized spacial score (nSPS) is 11.0. The molecule has 8 heteroatoms. The van der Waals surface area contributed by atoms with Crippen LogP contribution in [0.5, 0.6) is 5.75 Å². The van der Waals surface area contributed by atoms with E-state index in [1.54, 1.807) is 7.11 Å². The number of aromatic carboxylic acids is 1. The lowest BCUT2D eigenvalue weighted by Gasteiger charge is -2.12. The molecule has 0 amide bonds. The summed E-state index contributed by atoms with van der Waals surface area (Å²) in [7, 11) is -2.19. The summed E-state index contributed by atoms with van der Waals surface area (Å²) in [5.41, 5.74) is 1.32. The third-order valence-corrected chi connectivity index (χ3v) is 5.26. The van der Waals surface area contributed by atoms with Gasteiger partial charge in [0, 0.05) is 18.8 Å². The number of carbonyl (C=O) groups is 1. The van der Waals surface area contributed by atoms with Gasteiger partial charge >= 0.3 is 5.97 Å². The van der Waals surface area contributed by atoms with Gasteiger partial charge in [-0.25, -0.2) is 17.9 Å². The Morgan fingerprint density at radius 3 is 2.52 bits per heavy atom. The van der Waals surface area contributed by atoms with Crippen LogP contribution >= 0.6 is 0 Å². The number of hydrogen-bond acceptors (Lipinski definition) is 5. The van der Waals surface area contributed by atoms with Crippen molar-refractivity contribution in [2.75, 3.05) is 25.5 Å². The van der Waals surface area contributed by atoms with E-state index >= 15 is 0 Å². The summed E-state index contributed by atoms with van der Waals surface area (Å²) in [4.78, 5) is 11.4. The van der Waals surface area contributed by atoms with E-state index in [-0.39, 0.29) is 17.0 Å². The van der Waals surface area contributed by atoms with Gasteiger partial charge in [-0.05, 0) is 42.3 Å². The lowest BCUT2D eigenvalue weighted by molar-refractivity contribution is 0.0697. The van der Waals surface area contributed by atoms with Crippen molar-refractivity contribution in [3.63, 3.8) is 0 Å². The Bertz CT molecular complexity index is 908. The number of ether oxygens (including phenoxy) is 1. The average Bonchev–Trinajstić information content (AvgIpc) is 2.67. The number of benzene rings is 2. The van der Waals surface area contributed by atoms with Crippen LogP contribution < -0.4 is 14.8 Å². The molecule has 7 nitrogen and oxygen atoms in total. The predicted octanol–water partition coefficient (Wildman–Crippen LogP) is 2.51. The maximum absolute atomic E-state index is 12.1. The van der Waals surface area contributed by atoms with E-state index in [9.17, 15) is 18.3 Å². The third-order valence-electron chi connectivity index (χ3n) is 3.84. The van der Waals surface area contributed by atoms with E-state index in [0.717, 1.165) is 17.4 Å². The zero-order valence-corrected chi connectivity index (χ0v) is 15.8. The van der Waals surface area contributed by atoms with Gasteiger partial charge in [-0.3, -0.25) is 0 Å². The molecular formula is C19H22N2O5S. The van der Waals surface area contributed by atoms with Crippen molar-refractivity contribution in [2.45, 2.75) is 11.3 Å². The van der Waals surface area contributed by atoms with Gasteiger partial charge in [0.15, 0.2) is 0 Å². The van der Waals surface area contributed by atoms with Crippen molar-refractivity contribution in [1.29, 1.82) is 0 Å². The van der Waals surface area contributed by atoms with Gasteiger partial charge in [0.05, 0.1) is 17.6 Å². The number of anilines is 1. The topological polar surface area (TPSA) is 105 Å². The Morgan fingerprint density at radius 2 is 1.93 bits per heavy atom. The molecule has 0 unspecified atom stereocenters. The van der Waals surface area contributed by atoms with Crippen LogP contribution in [0.3, 0.4) is 0 Å². The Morgan fingerprint density at radius 1 is 1.22 bits per heavy atom.